The zero-order valence-electron chi connectivity index (χ0n) is 18.9. The van der Waals surface area contributed by atoms with Gasteiger partial charge in [0.05, 0.1) is 11.0 Å². The van der Waals surface area contributed by atoms with Crippen LogP contribution in [0, 0.1) is 6.92 Å². The Bertz CT molecular complexity index is 1570. The Balaban J connectivity index is 1.54. The maximum absolute atomic E-state index is 13.3. The molecule has 0 aliphatic heterocycles. The SMILES string of the molecule is CCc1ccc(Oc2nc3ccccc3n3c(=O)n(CC(=O)Nc4cccc(C)c4)nc23)cc1. The van der Waals surface area contributed by atoms with Gasteiger partial charge in [-0.25, -0.2) is 18.9 Å². The maximum atomic E-state index is 13.3. The number of carbonyl (C=O) groups excluding carboxylic acids is 1. The number of fused-ring (bicyclic) bond motifs is 3. The van der Waals surface area contributed by atoms with Gasteiger partial charge < -0.3 is 10.1 Å². The summed E-state index contributed by atoms with van der Waals surface area (Å²) in [6.45, 7) is 3.78. The van der Waals surface area contributed by atoms with Gasteiger partial charge in [-0.05, 0) is 60.9 Å². The number of hydrogen-bond donors (Lipinski definition) is 1. The van der Waals surface area contributed by atoms with Gasteiger partial charge in [0.25, 0.3) is 5.88 Å². The first-order chi connectivity index (χ1) is 16.5. The molecule has 0 unspecified atom stereocenters. The van der Waals surface area contributed by atoms with Crippen molar-refractivity contribution in [3.8, 4) is 11.6 Å². The summed E-state index contributed by atoms with van der Waals surface area (Å²) < 4.78 is 8.59. The molecule has 8 heteroatoms. The van der Waals surface area contributed by atoms with Gasteiger partial charge in [0.1, 0.15) is 12.3 Å². The molecule has 8 nitrogen and oxygen atoms in total. The normalized spacial score (nSPS) is 11.1. The van der Waals surface area contributed by atoms with Crippen LogP contribution in [0.3, 0.4) is 0 Å². The first kappa shape index (κ1) is 21.4. The number of carbonyl (C=O) groups is 1. The molecule has 170 valence electrons. The molecule has 0 bridgehead atoms. The van der Waals surface area contributed by atoms with E-state index in [0.717, 1.165) is 16.7 Å². The summed E-state index contributed by atoms with van der Waals surface area (Å²) in [6, 6.07) is 22.4. The fourth-order valence-corrected chi connectivity index (χ4v) is 3.81. The Morgan fingerprint density at radius 1 is 1.03 bits per heavy atom. The lowest BCUT2D eigenvalue weighted by atomic mass is 10.2. The highest BCUT2D eigenvalue weighted by Gasteiger charge is 2.19. The first-order valence-corrected chi connectivity index (χ1v) is 11.0. The van der Waals surface area contributed by atoms with Crippen molar-refractivity contribution in [3.63, 3.8) is 0 Å². The molecule has 5 rings (SSSR count). The summed E-state index contributed by atoms with van der Waals surface area (Å²) in [5.41, 5.74) is 3.83. The van der Waals surface area contributed by atoms with Crippen LogP contribution in [0.1, 0.15) is 18.1 Å². The number of ether oxygens (including phenoxy) is 1. The molecule has 2 heterocycles. The largest absolute Gasteiger partial charge is 0.436 e. The third-order valence-electron chi connectivity index (χ3n) is 5.52. The maximum Gasteiger partial charge on any atom is 0.351 e. The van der Waals surface area contributed by atoms with Gasteiger partial charge in [-0.2, -0.15) is 0 Å². The third-order valence-corrected chi connectivity index (χ3v) is 5.52. The van der Waals surface area contributed by atoms with Crippen LogP contribution in [0.2, 0.25) is 0 Å². The van der Waals surface area contributed by atoms with Crippen LogP contribution in [0.25, 0.3) is 16.7 Å². The van der Waals surface area contributed by atoms with E-state index in [-0.39, 0.29) is 24.0 Å². The summed E-state index contributed by atoms with van der Waals surface area (Å²) in [5, 5.41) is 7.22. The molecule has 0 aliphatic rings. The first-order valence-electron chi connectivity index (χ1n) is 11.0. The molecule has 34 heavy (non-hydrogen) atoms. The number of aryl methyl sites for hydroxylation is 2. The van der Waals surface area contributed by atoms with Crippen LogP contribution in [-0.4, -0.2) is 25.1 Å². The summed E-state index contributed by atoms with van der Waals surface area (Å²) in [7, 11) is 0. The van der Waals surface area contributed by atoms with Crippen molar-refractivity contribution in [1.82, 2.24) is 19.2 Å². The molecule has 5 aromatic rings. The van der Waals surface area contributed by atoms with Crippen molar-refractivity contribution in [2.24, 2.45) is 0 Å². The van der Waals surface area contributed by atoms with Gasteiger partial charge in [-0.3, -0.25) is 4.79 Å². The standard InChI is InChI=1S/C26H23N5O3/c1-3-18-11-13-20(14-12-18)34-25-24-29-30(16-23(32)27-19-8-6-7-17(2)15-19)26(33)31(24)22-10-5-4-9-21(22)28-25/h4-15H,3,16H2,1-2H3,(H,27,32). The van der Waals surface area contributed by atoms with Gasteiger partial charge in [-0.1, -0.05) is 43.3 Å². The number of nitrogens with one attached hydrogen (secondary N) is 1. The molecule has 0 spiro atoms. The van der Waals surface area contributed by atoms with E-state index in [1.165, 1.54) is 9.96 Å². The zero-order valence-corrected chi connectivity index (χ0v) is 18.9. The molecule has 3 aromatic carbocycles. The molecule has 0 saturated heterocycles. The van der Waals surface area contributed by atoms with Gasteiger partial charge in [-0.15, -0.1) is 5.10 Å². The Kier molecular flexibility index (Phi) is 5.55. The van der Waals surface area contributed by atoms with E-state index in [4.69, 9.17) is 4.74 Å². The Morgan fingerprint density at radius 2 is 1.82 bits per heavy atom. The second-order valence-electron chi connectivity index (χ2n) is 8.02. The molecule has 0 aliphatic carbocycles. The highest BCUT2D eigenvalue weighted by Crippen LogP contribution is 2.26. The average Bonchev–Trinajstić information content (AvgIpc) is 3.16. The van der Waals surface area contributed by atoms with Crippen LogP contribution < -0.4 is 15.7 Å². The Labute approximate surface area is 195 Å². The lowest BCUT2D eigenvalue weighted by molar-refractivity contribution is -0.117. The predicted molar refractivity (Wildman–Crippen MR) is 130 cm³/mol. The minimum atomic E-state index is -0.445. The van der Waals surface area contributed by atoms with E-state index >= 15 is 0 Å². The van der Waals surface area contributed by atoms with Gasteiger partial charge >= 0.3 is 5.69 Å². The highest BCUT2D eigenvalue weighted by molar-refractivity contribution is 5.90. The molecule has 0 fully saturated rings. The molecule has 1 N–H and O–H groups in total. The van der Waals surface area contributed by atoms with Crippen LogP contribution >= 0.6 is 0 Å². The summed E-state index contributed by atoms with van der Waals surface area (Å²) in [5.74, 6) is 0.421. The van der Waals surface area contributed by atoms with E-state index in [2.05, 4.69) is 22.3 Å². The summed E-state index contributed by atoms with van der Waals surface area (Å²) in [4.78, 5) is 30.5. The van der Waals surface area contributed by atoms with Gasteiger partial charge in [0.2, 0.25) is 11.6 Å². The third kappa shape index (κ3) is 4.13. The van der Waals surface area contributed by atoms with E-state index in [9.17, 15) is 9.59 Å². The fraction of sp³-hybridized carbons (Fsp3) is 0.154. The summed E-state index contributed by atoms with van der Waals surface area (Å²) in [6.07, 6.45) is 0.920. The van der Waals surface area contributed by atoms with Crippen LogP contribution in [0.4, 0.5) is 5.69 Å². The van der Waals surface area contributed by atoms with Crippen LogP contribution in [0.5, 0.6) is 11.6 Å². The molecular formula is C26H23N5O3. The smallest absolute Gasteiger partial charge is 0.351 e. The van der Waals surface area contributed by atoms with Gasteiger partial charge in [0, 0.05) is 5.69 Å². The monoisotopic (exact) mass is 453 g/mol. The quantitative estimate of drug-likeness (QED) is 0.413. The second-order valence-corrected chi connectivity index (χ2v) is 8.02. The van der Waals surface area contributed by atoms with E-state index in [1.807, 2.05) is 61.5 Å². The van der Waals surface area contributed by atoms with Crippen LogP contribution in [-0.2, 0) is 17.8 Å². The molecule has 0 radical (unpaired) electrons. The van der Waals surface area contributed by atoms with Crippen molar-refractivity contribution in [3.05, 3.63) is 94.4 Å². The Hall–Kier alpha value is -4.46. The van der Waals surface area contributed by atoms with Crippen LogP contribution in [0.15, 0.2) is 77.6 Å². The highest BCUT2D eigenvalue weighted by atomic mass is 16.5. The molecule has 0 atom stereocenters. The number of para-hydroxylation sites is 2. The number of amides is 1. The lowest BCUT2D eigenvalue weighted by Gasteiger charge is -2.08. The number of benzene rings is 3. The van der Waals surface area contributed by atoms with Crippen molar-refractivity contribution < 1.29 is 9.53 Å². The van der Waals surface area contributed by atoms with Gasteiger partial charge in [0.15, 0.2) is 0 Å². The number of hydrogen-bond acceptors (Lipinski definition) is 5. The lowest BCUT2D eigenvalue weighted by Crippen LogP contribution is -2.28. The minimum absolute atomic E-state index is 0.192. The second kappa shape index (κ2) is 8.82. The zero-order chi connectivity index (χ0) is 23.7. The van der Waals surface area contributed by atoms with E-state index in [0.29, 0.717) is 22.5 Å². The van der Waals surface area contributed by atoms with Crippen molar-refractivity contribution in [1.29, 1.82) is 0 Å². The van der Waals surface area contributed by atoms with Crippen molar-refractivity contribution >= 4 is 28.3 Å². The number of aromatic nitrogens is 4. The van der Waals surface area contributed by atoms with E-state index < -0.39 is 5.69 Å². The summed E-state index contributed by atoms with van der Waals surface area (Å²) >= 11 is 0. The number of nitrogens with zero attached hydrogens (tertiary/aromatic N) is 4. The molecule has 2 aromatic heterocycles. The minimum Gasteiger partial charge on any atom is -0.436 e. The molecular weight excluding hydrogens is 430 g/mol. The topological polar surface area (TPSA) is 90.5 Å². The average molecular weight is 454 g/mol. The van der Waals surface area contributed by atoms with E-state index in [1.54, 1.807) is 18.2 Å². The number of anilines is 1. The Morgan fingerprint density at radius 3 is 2.59 bits per heavy atom. The number of rotatable bonds is 6. The van der Waals surface area contributed by atoms with Crippen molar-refractivity contribution in [2.45, 2.75) is 26.8 Å². The molecule has 1 amide bonds. The predicted octanol–water partition coefficient (Wildman–Crippen LogP) is 4.35. The van der Waals surface area contributed by atoms with Crippen molar-refractivity contribution in [2.75, 3.05) is 5.32 Å². The fourth-order valence-electron chi connectivity index (χ4n) is 3.81. The molecule has 0 saturated carbocycles.